The van der Waals surface area contributed by atoms with Gasteiger partial charge in [0.2, 0.25) is 0 Å². The number of hydrogen-bond acceptors (Lipinski definition) is 5. The molecule has 1 aromatic heterocycles. The highest BCUT2D eigenvalue weighted by atomic mass is 16.5. The zero-order valence-corrected chi connectivity index (χ0v) is 15.5. The van der Waals surface area contributed by atoms with Gasteiger partial charge in [-0.15, -0.1) is 0 Å². The summed E-state index contributed by atoms with van der Waals surface area (Å²) < 4.78 is 15.4. The van der Waals surface area contributed by atoms with Crippen LogP contribution >= 0.6 is 0 Å². The third-order valence-corrected chi connectivity index (χ3v) is 4.06. The quantitative estimate of drug-likeness (QED) is 0.655. The van der Waals surface area contributed by atoms with Gasteiger partial charge in [0.25, 0.3) is 11.8 Å². The molecule has 0 saturated carbocycles. The molecule has 0 aliphatic carbocycles. The standard InChI is InChI=1S/C21H20N2O5/c1-26-16-9-10-17(19(12-16)27-2)20(24)22-13-14-5-7-15(8-6-14)23-21(25)18-4-3-11-28-18/h3-12H,13H2,1-2H3,(H,22,24)(H,23,25). The van der Waals surface area contributed by atoms with Gasteiger partial charge in [-0.1, -0.05) is 12.1 Å². The Labute approximate surface area is 162 Å². The molecule has 0 fully saturated rings. The van der Waals surface area contributed by atoms with Crippen molar-refractivity contribution in [3.63, 3.8) is 0 Å². The summed E-state index contributed by atoms with van der Waals surface area (Å²) in [5.41, 5.74) is 1.94. The minimum absolute atomic E-state index is 0.241. The van der Waals surface area contributed by atoms with E-state index in [9.17, 15) is 9.59 Å². The molecule has 7 heteroatoms. The summed E-state index contributed by atoms with van der Waals surface area (Å²) in [5.74, 6) is 0.713. The number of carbonyl (C=O) groups is 2. The van der Waals surface area contributed by atoms with E-state index in [1.165, 1.54) is 13.4 Å². The third kappa shape index (κ3) is 4.50. The van der Waals surface area contributed by atoms with Crippen LogP contribution in [0.15, 0.2) is 65.3 Å². The Bertz CT molecular complexity index is 949. The summed E-state index contributed by atoms with van der Waals surface area (Å²) in [4.78, 5) is 24.4. The normalized spacial score (nSPS) is 10.2. The number of nitrogens with one attached hydrogen (secondary N) is 2. The predicted octanol–water partition coefficient (Wildman–Crippen LogP) is 3.48. The largest absolute Gasteiger partial charge is 0.497 e. The fraction of sp³-hybridized carbons (Fsp3) is 0.143. The second-order valence-corrected chi connectivity index (χ2v) is 5.88. The van der Waals surface area contributed by atoms with E-state index in [1.54, 1.807) is 49.6 Å². The Balaban J connectivity index is 1.59. The van der Waals surface area contributed by atoms with Crippen LogP contribution in [-0.2, 0) is 6.54 Å². The van der Waals surface area contributed by atoms with Crippen molar-refractivity contribution in [3.05, 3.63) is 77.7 Å². The number of carbonyl (C=O) groups excluding carboxylic acids is 2. The van der Waals surface area contributed by atoms with Gasteiger partial charge in [-0.3, -0.25) is 9.59 Å². The molecule has 3 aromatic rings. The number of hydrogen-bond donors (Lipinski definition) is 2. The number of rotatable bonds is 7. The van der Waals surface area contributed by atoms with E-state index in [2.05, 4.69) is 10.6 Å². The van der Waals surface area contributed by atoms with Crippen molar-refractivity contribution in [1.29, 1.82) is 0 Å². The SMILES string of the molecule is COc1ccc(C(=O)NCc2ccc(NC(=O)c3ccco3)cc2)c(OC)c1. The van der Waals surface area contributed by atoms with Crippen LogP contribution in [0.3, 0.4) is 0 Å². The van der Waals surface area contributed by atoms with Gasteiger partial charge in [-0.25, -0.2) is 0 Å². The molecule has 0 aliphatic rings. The van der Waals surface area contributed by atoms with Crippen molar-refractivity contribution in [1.82, 2.24) is 5.32 Å². The van der Waals surface area contributed by atoms with Crippen molar-refractivity contribution in [2.75, 3.05) is 19.5 Å². The average molecular weight is 380 g/mol. The first-order valence-electron chi connectivity index (χ1n) is 8.54. The molecule has 144 valence electrons. The van der Waals surface area contributed by atoms with Crippen LogP contribution in [0, 0.1) is 0 Å². The third-order valence-electron chi connectivity index (χ3n) is 4.06. The first kappa shape index (κ1) is 19.0. The van der Waals surface area contributed by atoms with Crippen LogP contribution in [0.1, 0.15) is 26.5 Å². The van der Waals surface area contributed by atoms with E-state index in [-0.39, 0.29) is 17.6 Å². The Morgan fingerprint density at radius 2 is 1.75 bits per heavy atom. The monoisotopic (exact) mass is 380 g/mol. The Hall–Kier alpha value is -3.74. The summed E-state index contributed by atoms with van der Waals surface area (Å²) in [5, 5.41) is 5.59. The summed E-state index contributed by atoms with van der Waals surface area (Å²) in [7, 11) is 3.05. The maximum Gasteiger partial charge on any atom is 0.291 e. The first-order chi connectivity index (χ1) is 13.6. The highest BCUT2D eigenvalue weighted by molar-refractivity contribution is 6.02. The van der Waals surface area contributed by atoms with E-state index in [0.717, 1.165) is 5.56 Å². The number of amides is 2. The van der Waals surface area contributed by atoms with Gasteiger partial charge in [-0.05, 0) is 42.0 Å². The lowest BCUT2D eigenvalue weighted by Crippen LogP contribution is -2.23. The van der Waals surface area contributed by atoms with Crippen LogP contribution in [0.2, 0.25) is 0 Å². The fourth-order valence-corrected chi connectivity index (χ4v) is 2.57. The van der Waals surface area contributed by atoms with Gasteiger partial charge in [0.05, 0.1) is 26.0 Å². The van der Waals surface area contributed by atoms with Gasteiger partial charge in [0.1, 0.15) is 11.5 Å². The van der Waals surface area contributed by atoms with E-state index in [0.29, 0.717) is 29.3 Å². The van der Waals surface area contributed by atoms with Crippen LogP contribution in [0.5, 0.6) is 11.5 Å². The zero-order valence-electron chi connectivity index (χ0n) is 15.5. The molecule has 0 radical (unpaired) electrons. The minimum atomic E-state index is -0.322. The van der Waals surface area contributed by atoms with Gasteiger partial charge >= 0.3 is 0 Å². The Kier molecular flexibility index (Phi) is 5.96. The van der Waals surface area contributed by atoms with Crippen molar-refractivity contribution in [2.45, 2.75) is 6.54 Å². The van der Waals surface area contributed by atoms with E-state index >= 15 is 0 Å². The molecule has 3 rings (SSSR count). The average Bonchev–Trinajstić information content (AvgIpc) is 3.27. The molecule has 0 unspecified atom stereocenters. The Morgan fingerprint density at radius 3 is 2.39 bits per heavy atom. The van der Waals surface area contributed by atoms with Crippen molar-refractivity contribution in [2.24, 2.45) is 0 Å². The summed E-state index contributed by atoms with van der Waals surface area (Å²) in [6.45, 7) is 0.334. The molecule has 7 nitrogen and oxygen atoms in total. The molecule has 0 aliphatic heterocycles. The van der Waals surface area contributed by atoms with Crippen molar-refractivity contribution >= 4 is 17.5 Å². The van der Waals surface area contributed by atoms with E-state index in [4.69, 9.17) is 13.9 Å². The molecule has 0 bridgehead atoms. The lowest BCUT2D eigenvalue weighted by atomic mass is 10.1. The van der Waals surface area contributed by atoms with Crippen LogP contribution in [0.4, 0.5) is 5.69 Å². The van der Waals surface area contributed by atoms with Crippen LogP contribution < -0.4 is 20.1 Å². The van der Waals surface area contributed by atoms with Gasteiger partial charge < -0.3 is 24.5 Å². The molecule has 2 amide bonds. The summed E-state index contributed by atoms with van der Waals surface area (Å²) >= 11 is 0. The summed E-state index contributed by atoms with van der Waals surface area (Å²) in [6, 6.07) is 15.4. The van der Waals surface area contributed by atoms with Gasteiger partial charge in [-0.2, -0.15) is 0 Å². The highest BCUT2D eigenvalue weighted by Crippen LogP contribution is 2.24. The number of ether oxygens (including phenoxy) is 2. The van der Waals surface area contributed by atoms with Crippen molar-refractivity contribution < 1.29 is 23.5 Å². The van der Waals surface area contributed by atoms with E-state index < -0.39 is 0 Å². The topological polar surface area (TPSA) is 89.8 Å². The number of benzene rings is 2. The number of methoxy groups -OCH3 is 2. The Morgan fingerprint density at radius 1 is 0.964 bits per heavy atom. The second-order valence-electron chi connectivity index (χ2n) is 5.88. The predicted molar refractivity (Wildman–Crippen MR) is 104 cm³/mol. The van der Waals surface area contributed by atoms with Crippen molar-refractivity contribution in [3.8, 4) is 11.5 Å². The van der Waals surface area contributed by atoms with E-state index in [1.807, 2.05) is 12.1 Å². The van der Waals surface area contributed by atoms with Gasteiger partial charge in [0, 0.05) is 18.3 Å². The molecule has 0 saturated heterocycles. The van der Waals surface area contributed by atoms with Crippen LogP contribution in [-0.4, -0.2) is 26.0 Å². The maximum absolute atomic E-state index is 12.4. The van der Waals surface area contributed by atoms with Crippen LogP contribution in [0.25, 0.3) is 0 Å². The first-order valence-corrected chi connectivity index (χ1v) is 8.54. The van der Waals surface area contributed by atoms with Gasteiger partial charge in [0.15, 0.2) is 5.76 Å². The molecule has 0 spiro atoms. The lowest BCUT2D eigenvalue weighted by Gasteiger charge is -2.11. The fourth-order valence-electron chi connectivity index (χ4n) is 2.57. The molecule has 28 heavy (non-hydrogen) atoms. The highest BCUT2D eigenvalue weighted by Gasteiger charge is 2.13. The lowest BCUT2D eigenvalue weighted by molar-refractivity contribution is 0.0946. The molecule has 2 N–H and O–H groups in total. The number of anilines is 1. The zero-order chi connectivity index (χ0) is 19.9. The number of furan rings is 1. The molecular formula is C21H20N2O5. The second kappa shape index (κ2) is 8.77. The minimum Gasteiger partial charge on any atom is -0.497 e. The smallest absolute Gasteiger partial charge is 0.291 e. The maximum atomic E-state index is 12.4. The molecule has 1 heterocycles. The molecule has 2 aromatic carbocycles. The molecular weight excluding hydrogens is 360 g/mol. The summed E-state index contributed by atoms with van der Waals surface area (Å²) in [6.07, 6.45) is 1.44. The molecule has 0 atom stereocenters.